The molecule has 0 aliphatic rings. The minimum atomic E-state index is -3.74. The molecule has 0 atom stereocenters. The highest BCUT2D eigenvalue weighted by Gasteiger charge is 2.18. The standard InChI is InChI=1S/C23H24N2O3S/c1-15-13-16(2)22(17(3)14-15)24-23(26)20-11-8-12-21(18(20)4)25-29(27,28)19-9-6-5-7-10-19/h5-14,25H,1-4H3,(H,24,26). The molecule has 5 nitrogen and oxygen atoms in total. The quantitative estimate of drug-likeness (QED) is 0.626. The van der Waals surface area contributed by atoms with Gasteiger partial charge in [-0.3, -0.25) is 9.52 Å². The molecule has 0 bridgehead atoms. The van der Waals surface area contributed by atoms with Gasteiger partial charge in [0.05, 0.1) is 10.6 Å². The average molecular weight is 409 g/mol. The summed E-state index contributed by atoms with van der Waals surface area (Å²) in [6, 6.07) is 17.2. The molecule has 3 rings (SSSR count). The summed E-state index contributed by atoms with van der Waals surface area (Å²) in [5, 5.41) is 2.97. The first-order valence-electron chi connectivity index (χ1n) is 9.26. The second-order valence-electron chi connectivity index (χ2n) is 7.12. The summed E-state index contributed by atoms with van der Waals surface area (Å²) in [4.78, 5) is 13.1. The fourth-order valence-electron chi connectivity index (χ4n) is 3.35. The molecular weight excluding hydrogens is 384 g/mol. The van der Waals surface area contributed by atoms with Crippen LogP contribution in [0.5, 0.6) is 0 Å². The molecule has 0 heterocycles. The van der Waals surface area contributed by atoms with Crippen molar-refractivity contribution in [2.24, 2.45) is 0 Å². The number of hydrogen-bond acceptors (Lipinski definition) is 3. The van der Waals surface area contributed by atoms with Crippen molar-refractivity contribution >= 4 is 27.3 Å². The Morgan fingerprint density at radius 1 is 0.828 bits per heavy atom. The molecule has 1 amide bonds. The van der Waals surface area contributed by atoms with Crippen LogP contribution in [-0.2, 0) is 10.0 Å². The van der Waals surface area contributed by atoms with Crippen LogP contribution in [0, 0.1) is 27.7 Å². The Bertz CT molecular complexity index is 1150. The summed E-state index contributed by atoms with van der Waals surface area (Å²) >= 11 is 0. The molecule has 29 heavy (non-hydrogen) atoms. The fourth-order valence-corrected chi connectivity index (χ4v) is 4.50. The van der Waals surface area contributed by atoms with Gasteiger partial charge in [0, 0.05) is 11.3 Å². The molecule has 3 aromatic rings. The molecule has 0 fully saturated rings. The van der Waals surface area contributed by atoms with Crippen LogP contribution in [0.3, 0.4) is 0 Å². The number of anilines is 2. The number of carbonyl (C=O) groups is 1. The van der Waals surface area contributed by atoms with E-state index >= 15 is 0 Å². The SMILES string of the molecule is Cc1cc(C)c(NC(=O)c2cccc(NS(=O)(=O)c3ccccc3)c2C)c(C)c1. The van der Waals surface area contributed by atoms with Gasteiger partial charge in [0.2, 0.25) is 0 Å². The maximum Gasteiger partial charge on any atom is 0.261 e. The van der Waals surface area contributed by atoms with Crippen molar-refractivity contribution in [3.05, 3.63) is 88.5 Å². The minimum Gasteiger partial charge on any atom is -0.321 e. The fraction of sp³-hybridized carbons (Fsp3) is 0.174. The lowest BCUT2D eigenvalue weighted by molar-refractivity contribution is 0.102. The summed E-state index contributed by atoms with van der Waals surface area (Å²) in [5.41, 5.74) is 5.22. The second-order valence-corrected chi connectivity index (χ2v) is 8.81. The largest absolute Gasteiger partial charge is 0.321 e. The average Bonchev–Trinajstić information content (AvgIpc) is 2.66. The maximum absolute atomic E-state index is 12.9. The summed E-state index contributed by atoms with van der Waals surface area (Å²) in [7, 11) is -3.74. The zero-order valence-electron chi connectivity index (χ0n) is 16.9. The van der Waals surface area contributed by atoms with Crippen LogP contribution < -0.4 is 10.0 Å². The van der Waals surface area contributed by atoms with E-state index in [-0.39, 0.29) is 10.8 Å². The van der Waals surface area contributed by atoms with Crippen LogP contribution in [-0.4, -0.2) is 14.3 Å². The van der Waals surface area contributed by atoms with E-state index in [1.165, 1.54) is 12.1 Å². The Labute approximate surface area is 171 Å². The van der Waals surface area contributed by atoms with Gasteiger partial charge in [-0.05, 0) is 68.7 Å². The lowest BCUT2D eigenvalue weighted by Crippen LogP contribution is -2.18. The summed E-state index contributed by atoms with van der Waals surface area (Å²) in [6.07, 6.45) is 0. The first-order chi connectivity index (χ1) is 13.7. The van der Waals surface area contributed by atoms with Gasteiger partial charge in [0.25, 0.3) is 15.9 Å². The van der Waals surface area contributed by atoms with Crippen LogP contribution in [0.15, 0.2) is 65.6 Å². The molecule has 0 saturated heterocycles. The first-order valence-corrected chi connectivity index (χ1v) is 10.7. The molecule has 0 spiro atoms. The molecule has 0 radical (unpaired) electrons. The third kappa shape index (κ3) is 4.49. The van der Waals surface area contributed by atoms with Crippen molar-refractivity contribution in [1.29, 1.82) is 0 Å². The Hall–Kier alpha value is -3.12. The lowest BCUT2D eigenvalue weighted by atomic mass is 10.0. The van der Waals surface area contributed by atoms with Gasteiger partial charge in [-0.25, -0.2) is 8.42 Å². The topological polar surface area (TPSA) is 75.3 Å². The summed E-state index contributed by atoms with van der Waals surface area (Å²) in [6.45, 7) is 7.64. The van der Waals surface area contributed by atoms with Gasteiger partial charge in [-0.15, -0.1) is 0 Å². The van der Waals surface area contributed by atoms with E-state index in [0.717, 1.165) is 22.4 Å². The third-order valence-electron chi connectivity index (χ3n) is 4.79. The van der Waals surface area contributed by atoms with E-state index in [2.05, 4.69) is 10.0 Å². The Morgan fingerprint density at radius 2 is 1.45 bits per heavy atom. The number of hydrogen-bond donors (Lipinski definition) is 2. The minimum absolute atomic E-state index is 0.167. The molecule has 2 N–H and O–H groups in total. The summed E-state index contributed by atoms with van der Waals surface area (Å²) in [5.74, 6) is -0.279. The van der Waals surface area contributed by atoms with Crippen molar-refractivity contribution < 1.29 is 13.2 Å². The molecule has 0 aliphatic carbocycles. The number of amides is 1. The van der Waals surface area contributed by atoms with Gasteiger partial charge in [0.15, 0.2) is 0 Å². The number of carbonyl (C=O) groups excluding carboxylic acids is 1. The number of nitrogens with one attached hydrogen (secondary N) is 2. The monoisotopic (exact) mass is 408 g/mol. The van der Waals surface area contributed by atoms with Gasteiger partial charge in [-0.2, -0.15) is 0 Å². The van der Waals surface area contributed by atoms with Crippen LogP contribution in [0.25, 0.3) is 0 Å². The second kappa shape index (κ2) is 8.09. The van der Waals surface area contributed by atoms with Crippen molar-refractivity contribution in [3.63, 3.8) is 0 Å². The Balaban J connectivity index is 1.90. The Kier molecular flexibility index (Phi) is 5.75. The predicted molar refractivity (Wildman–Crippen MR) is 117 cm³/mol. The molecular formula is C23H24N2O3S. The maximum atomic E-state index is 12.9. The predicted octanol–water partition coefficient (Wildman–Crippen LogP) is 4.97. The zero-order chi connectivity index (χ0) is 21.2. The van der Waals surface area contributed by atoms with E-state index in [1.807, 2.05) is 32.9 Å². The first kappa shape index (κ1) is 20.6. The van der Waals surface area contributed by atoms with E-state index in [1.54, 1.807) is 43.3 Å². The number of rotatable bonds is 5. The van der Waals surface area contributed by atoms with Crippen LogP contribution in [0.1, 0.15) is 32.6 Å². The van der Waals surface area contributed by atoms with Crippen LogP contribution in [0.4, 0.5) is 11.4 Å². The lowest BCUT2D eigenvalue weighted by Gasteiger charge is -2.16. The van der Waals surface area contributed by atoms with Crippen molar-refractivity contribution in [1.82, 2.24) is 0 Å². The smallest absolute Gasteiger partial charge is 0.261 e. The van der Waals surface area contributed by atoms with E-state index < -0.39 is 10.0 Å². The van der Waals surface area contributed by atoms with Gasteiger partial charge in [-0.1, -0.05) is 42.0 Å². The highest BCUT2D eigenvalue weighted by Crippen LogP contribution is 2.26. The molecule has 0 aliphatic heterocycles. The van der Waals surface area contributed by atoms with Gasteiger partial charge in [0.1, 0.15) is 0 Å². The highest BCUT2D eigenvalue weighted by atomic mass is 32.2. The summed E-state index contributed by atoms with van der Waals surface area (Å²) < 4.78 is 27.9. The van der Waals surface area contributed by atoms with Gasteiger partial charge >= 0.3 is 0 Å². The number of benzene rings is 3. The molecule has 0 saturated carbocycles. The van der Waals surface area contributed by atoms with Crippen molar-refractivity contribution in [3.8, 4) is 0 Å². The van der Waals surface area contributed by atoms with E-state index in [0.29, 0.717) is 16.8 Å². The van der Waals surface area contributed by atoms with E-state index in [4.69, 9.17) is 0 Å². The number of aryl methyl sites for hydroxylation is 3. The van der Waals surface area contributed by atoms with Crippen LogP contribution >= 0.6 is 0 Å². The van der Waals surface area contributed by atoms with E-state index in [9.17, 15) is 13.2 Å². The third-order valence-corrected chi connectivity index (χ3v) is 6.17. The van der Waals surface area contributed by atoms with Crippen LogP contribution in [0.2, 0.25) is 0 Å². The van der Waals surface area contributed by atoms with Gasteiger partial charge < -0.3 is 5.32 Å². The highest BCUT2D eigenvalue weighted by molar-refractivity contribution is 7.92. The molecule has 3 aromatic carbocycles. The normalized spacial score (nSPS) is 11.2. The molecule has 0 aromatic heterocycles. The molecule has 150 valence electrons. The Morgan fingerprint density at radius 3 is 2.07 bits per heavy atom. The molecule has 0 unspecified atom stereocenters. The van der Waals surface area contributed by atoms with Crippen molar-refractivity contribution in [2.75, 3.05) is 10.0 Å². The molecule has 6 heteroatoms. The van der Waals surface area contributed by atoms with Crippen molar-refractivity contribution in [2.45, 2.75) is 32.6 Å². The zero-order valence-corrected chi connectivity index (χ0v) is 17.7. The number of sulfonamides is 1.